The van der Waals surface area contributed by atoms with Crippen molar-refractivity contribution in [3.8, 4) is 0 Å². The summed E-state index contributed by atoms with van der Waals surface area (Å²) in [4.78, 5) is 27.1. The fourth-order valence-corrected chi connectivity index (χ4v) is 5.35. The molecule has 0 amide bonds. The number of carbonyl (C=O) groups is 2. The van der Waals surface area contributed by atoms with Crippen molar-refractivity contribution in [3.05, 3.63) is 117 Å². The third kappa shape index (κ3) is 6.69. The maximum absolute atomic E-state index is 12.3. The highest BCUT2D eigenvalue weighted by Gasteiger charge is 2.33. The lowest BCUT2D eigenvalue weighted by atomic mass is 10.0. The first-order chi connectivity index (χ1) is 16.9. The van der Waals surface area contributed by atoms with Gasteiger partial charge in [0.05, 0.1) is 6.54 Å². The number of carbonyl (C=O) groups excluding carboxylic acids is 1. The van der Waals surface area contributed by atoms with Crippen molar-refractivity contribution in [2.75, 3.05) is 6.54 Å². The van der Waals surface area contributed by atoms with Crippen molar-refractivity contribution in [3.63, 3.8) is 0 Å². The van der Waals surface area contributed by atoms with Crippen molar-refractivity contribution < 1.29 is 14.7 Å². The van der Waals surface area contributed by atoms with Crippen LogP contribution in [0, 0.1) is 0 Å². The zero-order chi connectivity index (χ0) is 24.8. The number of carboxylic acid groups (broad SMARTS) is 1. The minimum atomic E-state index is -0.887. The Morgan fingerprint density at radius 2 is 1.74 bits per heavy atom. The van der Waals surface area contributed by atoms with Crippen LogP contribution in [0.15, 0.2) is 89.8 Å². The summed E-state index contributed by atoms with van der Waals surface area (Å²) in [7, 11) is 0. The van der Waals surface area contributed by atoms with Crippen molar-refractivity contribution in [2.45, 2.75) is 12.5 Å². The van der Waals surface area contributed by atoms with Crippen LogP contribution in [0.3, 0.4) is 0 Å². The number of nitrogens with zero attached hydrogens (tertiary/aromatic N) is 1. The predicted molar refractivity (Wildman–Crippen MR) is 148 cm³/mol. The van der Waals surface area contributed by atoms with Gasteiger partial charge in [-0.1, -0.05) is 108 Å². The van der Waals surface area contributed by atoms with Crippen molar-refractivity contribution >= 4 is 63.8 Å². The van der Waals surface area contributed by atoms with Gasteiger partial charge in [-0.2, -0.15) is 0 Å². The predicted octanol–water partition coefficient (Wildman–Crippen LogP) is 6.61. The van der Waals surface area contributed by atoms with E-state index in [4.69, 9.17) is 23.8 Å². The molecular weight excluding hydrogens is 498 g/mol. The Bertz CT molecular complexity index is 1300. The number of thiocarbonyl (C=S) groups is 1. The molecule has 1 unspecified atom stereocenters. The molecule has 1 aliphatic rings. The van der Waals surface area contributed by atoms with E-state index in [0.29, 0.717) is 27.9 Å². The molecule has 1 N–H and O–H groups in total. The van der Waals surface area contributed by atoms with Crippen LogP contribution in [0.4, 0.5) is 0 Å². The third-order valence-corrected chi connectivity index (χ3v) is 7.15. The molecule has 1 fully saturated rings. The summed E-state index contributed by atoms with van der Waals surface area (Å²) in [5.74, 6) is -1.00. The summed E-state index contributed by atoms with van der Waals surface area (Å²) in [6, 6.07) is 23.5. The lowest BCUT2D eigenvalue weighted by molar-refractivity contribution is -0.141. The topological polar surface area (TPSA) is 57.6 Å². The first-order valence-electron chi connectivity index (χ1n) is 10.9. The molecular formula is C28H22ClNO3S2. The van der Waals surface area contributed by atoms with Crippen LogP contribution in [-0.2, 0) is 11.2 Å². The molecule has 0 aliphatic carbocycles. The van der Waals surface area contributed by atoms with Crippen LogP contribution in [0.25, 0.3) is 12.2 Å². The van der Waals surface area contributed by atoms with Crippen LogP contribution in [-0.4, -0.2) is 38.7 Å². The number of allylic oxidation sites excluding steroid dienone is 1. The summed E-state index contributed by atoms with van der Waals surface area (Å²) in [6.07, 6.45) is 5.70. The van der Waals surface area contributed by atoms with Gasteiger partial charge >= 0.3 is 5.97 Å². The van der Waals surface area contributed by atoms with Gasteiger partial charge < -0.3 is 10.0 Å². The molecule has 3 aromatic carbocycles. The second-order valence-corrected chi connectivity index (χ2v) is 10.2. The summed E-state index contributed by atoms with van der Waals surface area (Å²) in [5.41, 5.74) is 3.38. The zero-order valence-corrected chi connectivity index (χ0v) is 21.0. The molecule has 1 heterocycles. The SMILES string of the molecule is O=C(/C=C/c1ccc(C=C2CN(C(Cc3ccccc3)C(=O)O)C(=S)S2)cc1)c1cccc(Cl)c1. The zero-order valence-electron chi connectivity index (χ0n) is 18.6. The first kappa shape index (κ1) is 24.9. The molecule has 0 saturated carbocycles. The Morgan fingerprint density at radius 3 is 2.43 bits per heavy atom. The van der Waals surface area contributed by atoms with Gasteiger partial charge in [0.1, 0.15) is 10.4 Å². The van der Waals surface area contributed by atoms with Crippen molar-refractivity contribution in [1.29, 1.82) is 0 Å². The minimum absolute atomic E-state index is 0.113. The van der Waals surface area contributed by atoms with E-state index >= 15 is 0 Å². The summed E-state index contributed by atoms with van der Waals surface area (Å²) < 4.78 is 0.568. The van der Waals surface area contributed by atoms with E-state index in [9.17, 15) is 14.7 Å². The van der Waals surface area contributed by atoms with E-state index in [-0.39, 0.29) is 5.78 Å². The molecule has 0 radical (unpaired) electrons. The van der Waals surface area contributed by atoms with Gasteiger partial charge in [0.25, 0.3) is 0 Å². The van der Waals surface area contributed by atoms with Crippen molar-refractivity contribution in [1.82, 2.24) is 4.90 Å². The molecule has 7 heteroatoms. The highest BCUT2D eigenvalue weighted by Crippen LogP contribution is 2.33. The second-order valence-electron chi connectivity index (χ2n) is 8.02. The van der Waals surface area contributed by atoms with E-state index in [1.165, 1.54) is 17.8 Å². The van der Waals surface area contributed by atoms with E-state index in [1.807, 2.05) is 60.7 Å². The van der Waals surface area contributed by atoms with E-state index < -0.39 is 12.0 Å². The van der Waals surface area contributed by atoms with Gasteiger partial charge in [-0.3, -0.25) is 4.79 Å². The molecule has 4 rings (SSSR count). The quantitative estimate of drug-likeness (QED) is 0.205. The first-order valence-corrected chi connectivity index (χ1v) is 12.5. The largest absolute Gasteiger partial charge is 0.480 e. The third-order valence-electron chi connectivity index (χ3n) is 5.51. The normalized spacial score (nSPS) is 15.6. The van der Waals surface area contributed by atoms with Crippen LogP contribution in [0.2, 0.25) is 5.02 Å². The Labute approximate surface area is 218 Å². The van der Waals surface area contributed by atoms with E-state index in [1.54, 1.807) is 35.2 Å². The van der Waals surface area contributed by atoms with Gasteiger partial charge in [0.15, 0.2) is 5.78 Å². The number of benzene rings is 3. The van der Waals surface area contributed by atoms with Gasteiger partial charge in [0, 0.05) is 21.9 Å². The molecule has 1 aliphatic heterocycles. The monoisotopic (exact) mass is 519 g/mol. The van der Waals surface area contributed by atoms with E-state index in [0.717, 1.165) is 21.6 Å². The number of halogens is 1. The number of aliphatic carboxylic acids is 1. The lowest BCUT2D eigenvalue weighted by Gasteiger charge is -2.25. The number of hydrogen-bond acceptors (Lipinski definition) is 4. The van der Waals surface area contributed by atoms with Crippen molar-refractivity contribution in [2.24, 2.45) is 0 Å². The summed E-state index contributed by atoms with van der Waals surface area (Å²) in [6.45, 7) is 0.461. The molecule has 0 spiro atoms. The van der Waals surface area contributed by atoms with Crippen LogP contribution in [0.5, 0.6) is 0 Å². The van der Waals surface area contributed by atoms with Gasteiger partial charge in [-0.25, -0.2) is 4.79 Å². The Kier molecular flexibility index (Phi) is 8.18. The van der Waals surface area contributed by atoms with Crippen LogP contribution >= 0.6 is 35.6 Å². The highest BCUT2D eigenvalue weighted by atomic mass is 35.5. The van der Waals surface area contributed by atoms with Crippen LogP contribution in [0.1, 0.15) is 27.0 Å². The Morgan fingerprint density at radius 1 is 1.03 bits per heavy atom. The smallest absolute Gasteiger partial charge is 0.326 e. The lowest BCUT2D eigenvalue weighted by Crippen LogP contribution is -2.42. The standard InChI is InChI=1S/C28H22ClNO3S2/c29-23-8-4-7-22(17-23)26(31)14-13-19-9-11-21(12-10-19)15-24-18-30(28(34)35-24)25(27(32)33)16-20-5-2-1-3-6-20/h1-15,17,25H,16,18H2,(H,32,33)/b14-13+,24-15?. The average Bonchev–Trinajstić information content (AvgIpc) is 3.21. The minimum Gasteiger partial charge on any atom is -0.480 e. The molecule has 4 nitrogen and oxygen atoms in total. The Hall–Kier alpha value is -3.19. The maximum atomic E-state index is 12.3. The second kappa shape index (κ2) is 11.5. The number of carboxylic acids is 1. The highest BCUT2D eigenvalue weighted by molar-refractivity contribution is 8.25. The number of rotatable bonds is 8. The molecule has 0 aromatic heterocycles. The summed E-state index contributed by atoms with van der Waals surface area (Å²) >= 11 is 12.9. The molecule has 3 aromatic rings. The molecule has 1 saturated heterocycles. The van der Waals surface area contributed by atoms with Gasteiger partial charge in [-0.05, 0) is 41.0 Å². The molecule has 35 heavy (non-hydrogen) atoms. The summed E-state index contributed by atoms with van der Waals surface area (Å²) in [5, 5.41) is 10.4. The van der Waals surface area contributed by atoms with Gasteiger partial charge in [0.2, 0.25) is 0 Å². The number of thioether (sulfide) groups is 1. The van der Waals surface area contributed by atoms with Gasteiger partial charge in [-0.15, -0.1) is 0 Å². The fraction of sp³-hybridized carbons (Fsp3) is 0.107. The molecule has 176 valence electrons. The maximum Gasteiger partial charge on any atom is 0.326 e. The number of ketones is 1. The van der Waals surface area contributed by atoms with Crippen LogP contribution < -0.4 is 0 Å². The average molecular weight is 520 g/mol. The molecule has 0 bridgehead atoms. The van der Waals surface area contributed by atoms with E-state index in [2.05, 4.69) is 0 Å². The number of hydrogen-bond donors (Lipinski definition) is 1. The molecule has 1 atom stereocenters. The Balaban J connectivity index is 1.42. The fourth-order valence-electron chi connectivity index (χ4n) is 3.72.